The van der Waals surface area contributed by atoms with Gasteiger partial charge in [-0.2, -0.15) is 0 Å². The Morgan fingerprint density at radius 1 is 1.40 bits per heavy atom. The molecule has 4 nitrogen and oxygen atoms in total. The number of nitrogens with zero attached hydrogens (tertiary/aromatic N) is 1. The standard InChI is InChI=1S/C11H19NO3/c13-11(14)7-10-8-12(5-6-15-10)9-3-1-2-4-9/h9-10H,1-8H2,(H,13,14). The van der Waals surface area contributed by atoms with Crippen LogP contribution < -0.4 is 0 Å². The van der Waals surface area contributed by atoms with Gasteiger partial charge in [0, 0.05) is 19.1 Å². The van der Waals surface area contributed by atoms with Crippen molar-refractivity contribution in [2.24, 2.45) is 0 Å². The predicted octanol–water partition coefficient (Wildman–Crippen LogP) is 1.10. The van der Waals surface area contributed by atoms with E-state index < -0.39 is 5.97 Å². The molecule has 0 bridgehead atoms. The van der Waals surface area contributed by atoms with Crippen molar-refractivity contribution in [1.29, 1.82) is 0 Å². The second-order valence-electron chi connectivity index (χ2n) is 4.52. The third kappa shape index (κ3) is 2.92. The summed E-state index contributed by atoms with van der Waals surface area (Å²) in [5.41, 5.74) is 0. The molecule has 1 N–H and O–H groups in total. The lowest BCUT2D eigenvalue weighted by molar-refractivity contribution is -0.142. The normalized spacial score (nSPS) is 29.5. The van der Waals surface area contributed by atoms with Crippen molar-refractivity contribution in [1.82, 2.24) is 4.90 Å². The van der Waals surface area contributed by atoms with Crippen molar-refractivity contribution >= 4 is 5.97 Å². The first-order chi connectivity index (χ1) is 7.25. The first kappa shape index (κ1) is 10.9. The van der Waals surface area contributed by atoms with Crippen molar-refractivity contribution in [3.8, 4) is 0 Å². The van der Waals surface area contributed by atoms with E-state index >= 15 is 0 Å². The third-order valence-electron chi connectivity index (χ3n) is 3.41. The Bertz CT molecular complexity index is 226. The summed E-state index contributed by atoms with van der Waals surface area (Å²) in [5, 5.41) is 8.72. The van der Waals surface area contributed by atoms with Crippen LogP contribution in [0.4, 0.5) is 0 Å². The average molecular weight is 213 g/mol. The van der Waals surface area contributed by atoms with Crippen LogP contribution in [0.5, 0.6) is 0 Å². The Morgan fingerprint density at radius 2 is 2.13 bits per heavy atom. The van der Waals surface area contributed by atoms with Gasteiger partial charge in [-0.25, -0.2) is 0 Å². The van der Waals surface area contributed by atoms with Gasteiger partial charge >= 0.3 is 5.97 Å². The molecule has 0 amide bonds. The molecule has 86 valence electrons. The first-order valence-corrected chi connectivity index (χ1v) is 5.83. The molecule has 1 unspecified atom stereocenters. The number of carboxylic acid groups (broad SMARTS) is 1. The molecule has 15 heavy (non-hydrogen) atoms. The van der Waals surface area contributed by atoms with Gasteiger partial charge in [0.05, 0.1) is 19.1 Å². The van der Waals surface area contributed by atoms with Crippen LogP contribution in [0.2, 0.25) is 0 Å². The van der Waals surface area contributed by atoms with E-state index in [0.29, 0.717) is 12.6 Å². The zero-order valence-corrected chi connectivity index (χ0v) is 9.02. The first-order valence-electron chi connectivity index (χ1n) is 5.83. The lowest BCUT2D eigenvalue weighted by Gasteiger charge is -2.36. The molecule has 0 aromatic heterocycles. The van der Waals surface area contributed by atoms with Gasteiger partial charge in [-0.3, -0.25) is 9.69 Å². The Hall–Kier alpha value is -0.610. The summed E-state index contributed by atoms with van der Waals surface area (Å²) < 4.78 is 5.46. The Kier molecular flexibility index (Phi) is 3.59. The molecule has 0 spiro atoms. The zero-order chi connectivity index (χ0) is 10.7. The lowest BCUT2D eigenvalue weighted by atomic mass is 10.1. The van der Waals surface area contributed by atoms with E-state index in [1.54, 1.807) is 0 Å². The summed E-state index contributed by atoms with van der Waals surface area (Å²) in [7, 11) is 0. The van der Waals surface area contributed by atoms with E-state index in [2.05, 4.69) is 4.90 Å². The van der Waals surface area contributed by atoms with Crippen LogP contribution in [-0.2, 0) is 9.53 Å². The maximum Gasteiger partial charge on any atom is 0.306 e. The van der Waals surface area contributed by atoms with Crippen LogP contribution >= 0.6 is 0 Å². The van der Waals surface area contributed by atoms with E-state index in [-0.39, 0.29) is 12.5 Å². The van der Waals surface area contributed by atoms with Crippen LogP contribution in [0, 0.1) is 0 Å². The van der Waals surface area contributed by atoms with Crippen molar-refractivity contribution in [3.05, 3.63) is 0 Å². The van der Waals surface area contributed by atoms with E-state index in [4.69, 9.17) is 9.84 Å². The second kappa shape index (κ2) is 4.94. The maximum atomic E-state index is 10.6. The topological polar surface area (TPSA) is 49.8 Å². The number of morpholine rings is 1. The van der Waals surface area contributed by atoms with Gasteiger partial charge in [0.1, 0.15) is 0 Å². The largest absolute Gasteiger partial charge is 0.481 e. The summed E-state index contributed by atoms with van der Waals surface area (Å²) in [6, 6.07) is 0.685. The lowest BCUT2D eigenvalue weighted by Crippen LogP contribution is -2.47. The van der Waals surface area contributed by atoms with Gasteiger partial charge in [0.25, 0.3) is 0 Å². The summed E-state index contributed by atoms with van der Waals surface area (Å²) >= 11 is 0. The number of hydrogen-bond acceptors (Lipinski definition) is 3. The number of carbonyl (C=O) groups is 1. The minimum absolute atomic E-state index is 0.100. The summed E-state index contributed by atoms with van der Waals surface area (Å²) in [5.74, 6) is -0.756. The number of rotatable bonds is 3. The van der Waals surface area contributed by atoms with Crippen LogP contribution in [0.25, 0.3) is 0 Å². The molecule has 1 aliphatic heterocycles. The molecule has 0 radical (unpaired) electrons. The minimum Gasteiger partial charge on any atom is -0.481 e. The highest BCUT2D eigenvalue weighted by molar-refractivity contribution is 5.67. The van der Waals surface area contributed by atoms with E-state index in [1.165, 1.54) is 25.7 Å². The van der Waals surface area contributed by atoms with Gasteiger partial charge in [0.15, 0.2) is 0 Å². The smallest absolute Gasteiger partial charge is 0.306 e. The van der Waals surface area contributed by atoms with E-state index in [1.807, 2.05) is 0 Å². The number of hydrogen-bond donors (Lipinski definition) is 1. The molecule has 1 aliphatic carbocycles. The fourth-order valence-electron chi connectivity index (χ4n) is 2.66. The maximum absolute atomic E-state index is 10.6. The fourth-order valence-corrected chi connectivity index (χ4v) is 2.66. The SMILES string of the molecule is O=C(O)CC1CN(C2CCCC2)CCO1. The van der Waals surface area contributed by atoms with Crippen LogP contribution in [0.15, 0.2) is 0 Å². The molecule has 0 aromatic carbocycles. The van der Waals surface area contributed by atoms with Gasteiger partial charge in [-0.15, -0.1) is 0 Å². The molecular weight excluding hydrogens is 194 g/mol. The molecule has 0 aromatic rings. The summed E-state index contributed by atoms with van der Waals surface area (Å²) in [6.45, 7) is 2.46. The monoisotopic (exact) mass is 213 g/mol. The predicted molar refractivity (Wildman–Crippen MR) is 55.8 cm³/mol. The average Bonchev–Trinajstić information content (AvgIpc) is 2.69. The molecule has 1 saturated heterocycles. The number of ether oxygens (including phenoxy) is 1. The quantitative estimate of drug-likeness (QED) is 0.763. The van der Waals surface area contributed by atoms with Crippen LogP contribution in [0.1, 0.15) is 32.1 Å². The third-order valence-corrected chi connectivity index (χ3v) is 3.41. The van der Waals surface area contributed by atoms with Crippen LogP contribution in [-0.4, -0.2) is 47.8 Å². The molecule has 1 saturated carbocycles. The van der Waals surface area contributed by atoms with Gasteiger partial charge in [-0.1, -0.05) is 12.8 Å². The van der Waals surface area contributed by atoms with Gasteiger partial charge in [0.2, 0.25) is 0 Å². The molecule has 1 heterocycles. The van der Waals surface area contributed by atoms with E-state index in [0.717, 1.165) is 13.1 Å². The van der Waals surface area contributed by atoms with Gasteiger partial charge < -0.3 is 9.84 Å². The van der Waals surface area contributed by atoms with Crippen molar-refractivity contribution < 1.29 is 14.6 Å². The van der Waals surface area contributed by atoms with Crippen molar-refractivity contribution in [2.45, 2.75) is 44.2 Å². The molecule has 4 heteroatoms. The highest BCUT2D eigenvalue weighted by atomic mass is 16.5. The molecule has 2 aliphatic rings. The van der Waals surface area contributed by atoms with E-state index in [9.17, 15) is 4.79 Å². The Labute approximate surface area is 90.2 Å². The molecule has 1 atom stereocenters. The highest BCUT2D eigenvalue weighted by Gasteiger charge is 2.29. The Morgan fingerprint density at radius 3 is 2.80 bits per heavy atom. The van der Waals surface area contributed by atoms with Crippen LogP contribution in [0.3, 0.4) is 0 Å². The number of carboxylic acids is 1. The summed E-state index contributed by atoms with van der Waals surface area (Å²) in [6.07, 6.45) is 5.25. The van der Waals surface area contributed by atoms with Gasteiger partial charge in [-0.05, 0) is 12.8 Å². The van der Waals surface area contributed by atoms with Crippen molar-refractivity contribution in [3.63, 3.8) is 0 Å². The molecule has 2 fully saturated rings. The fraction of sp³-hybridized carbons (Fsp3) is 0.909. The highest BCUT2D eigenvalue weighted by Crippen LogP contribution is 2.25. The minimum atomic E-state index is -0.756. The number of aliphatic carboxylic acids is 1. The zero-order valence-electron chi connectivity index (χ0n) is 9.02. The Balaban J connectivity index is 1.83. The molecular formula is C11H19NO3. The molecule has 2 rings (SSSR count). The summed E-state index contributed by atoms with van der Waals surface area (Å²) in [4.78, 5) is 13.0. The van der Waals surface area contributed by atoms with Crippen molar-refractivity contribution in [2.75, 3.05) is 19.7 Å². The second-order valence-corrected chi connectivity index (χ2v) is 4.52.